The van der Waals surface area contributed by atoms with Crippen LogP contribution < -0.4 is 15.2 Å². The van der Waals surface area contributed by atoms with Crippen molar-refractivity contribution in [2.75, 3.05) is 14.2 Å². The second-order valence-electron chi connectivity index (χ2n) is 4.35. The molecule has 2 rings (SSSR count). The van der Waals surface area contributed by atoms with Gasteiger partial charge in [0.2, 0.25) is 0 Å². The minimum absolute atomic E-state index is 0.193. The normalized spacial score (nSPS) is 12.1. The standard InChI is InChI=1S/C15H14BrF2NO2/c1-20-12-6-9(11(18)7-13(12)21-2)15(19)8-4-3-5-10(17)14(8)16/h3-7,15H,19H2,1-2H3. The van der Waals surface area contributed by atoms with Gasteiger partial charge in [0.15, 0.2) is 11.5 Å². The van der Waals surface area contributed by atoms with E-state index in [2.05, 4.69) is 15.9 Å². The molecule has 21 heavy (non-hydrogen) atoms. The molecule has 1 unspecified atom stereocenters. The van der Waals surface area contributed by atoms with Crippen LogP contribution in [-0.4, -0.2) is 14.2 Å². The van der Waals surface area contributed by atoms with E-state index < -0.39 is 17.7 Å². The first-order valence-corrected chi connectivity index (χ1v) is 6.89. The lowest BCUT2D eigenvalue weighted by Gasteiger charge is -2.17. The number of hydrogen-bond acceptors (Lipinski definition) is 3. The predicted octanol–water partition coefficient (Wildman–Crippen LogP) is 3.79. The molecule has 0 aromatic heterocycles. The lowest BCUT2D eigenvalue weighted by Crippen LogP contribution is -2.15. The first-order valence-electron chi connectivity index (χ1n) is 6.10. The molecule has 0 amide bonds. The lowest BCUT2D eigenvalue weighted by atomic mass is 9.98. The first-order chi connectivity index (χ1) is 9.99. The lowest BCUT2D eigenvalue weighted by molar-refractivity contribution is 0.351. The number of nitrogens with two attached hydrogens (primary N) is 1. The molecule has 2 N–H and O–H groups in total. The van der Waals surface area contributed by atoms with Gasteiger partial charge < -0.3 is 15.2 Å². The molecule has 0 aliphatic rings. The van der Waals surface area contributed by atoms with Crippen molar-refractivity contribution in [3.8, 4) is 11.5 Å². The fraction of sp³-hybridized carbons (Fsp3) is 0.200. The Bertz CT molecular complexity index is 664. The molecule has 0 spiro atoms. The topological polar surface area (TPSA) is 44.5 Å². The van der Waals surface area contributed by atoms with E-state index in [9.17, 15) is 8.78 Å². The highest BCUT2D eigenvalue weighted by molar-refractivity contribution is 9.10. The molecule has 0 aliphatic carbocycles. The van der Waals surface area contributed by atoms with Crippen molar-refractivity contribution in [1.29, 1.82) is 0 Å². The van der Waals surface area contributed by atoms with Crippen molar-refractivity contribution in [2.45, 2.75) is 6.04 Å². The van der Waals surface area contributed by atoms with Crippen LogP contribution in [0.15, 0.2) is 34.8 Å². The number of hydrogen-bond donors (Lipinski definition) is 1. The molecule has 0 bridgehead atoms. The van der Waals surface area contributed by atoms with Crippen molar-refractivity contribution < 1.29 is 18.3 Å². The van der Waals surface area contributed by atoms with E-state index in [0.29, 0.717) is 11.3 Å². The van der Waals surface area contributed by atoms with Gasteiger partial charge in [0.1, 0.15) is 11.6 Å². The number of ether oxygens (including phenoxy) is 2. The summed E-state index contributed by atoms with van der Waals surface area (Å²) in [5.74, 6) is -0.374. The predicted molar refractivity (Wildman–Crippen MR) is 79.6 cm³/mol. The van der Waals surface area contributed by atoms with Crippen molar-refractivity contribution >= 4 is 15.9 Å². The SMILES string of the molecule is COc1cc(F)c(C(N)c2cccc(F)c2Br)cc1OC. The van der Waals surface area contributed by atoms with Gasteiger partial charge in [0.05, 0.1) is 24.7 Å². The van der Waals surface area contributed by atoms with E-state index in [-0.39, 0.29) is 15.8 Å². The Balaban J connectivity index is 2.53. The Morgan fingerprint density at radius 2 is 1.62 bits per heavy atom. The number of methoxy groups -OCH3 is 2. The van der Waals surface area contributed by atoms with E-state index in [1.54, 1.807) is 6.07 Å². The molecule has 2 aromatic carbocycles. The molecule has 1 atom stereocenters. The van der Waals surface area contributed by atoms with Crippen LogP contribution in [-0.2, 0) is 0 Å². The number of halogens is 3. The summed E-state index contributed by atoms with van der Waals surface area (Å²) in [6.45, 7) is 0. The van der Waals surface area contributed by atoms with Crippen LogP contribution in [0.1, 0.15) is 17.2 Å². The largest absolute Gasteiger partial charge is 0.493 e. The average Bonchev–Trinajstić information content (AvgIpc) is 2.49. The summed E-state index contributed by atoms with van der Waals surface area (Å²) in [6, 6.07) is 6.26. The zero-order valence-electron chi connectivity index (χ0n) is 11.5. The third-order valence-corrected chi connectivity index (χ3v) is 3.99. The van der Waals surface area contributed by atoms with Gasteiger partial charge in [-0.15, -0.1) is 0 Å². The second-order valence-corrected chi connectivity index (χ2v) is 5.14. The van der Waals surface area contributed by atoms with Crippen LogP contribution in [0, 0.1) is 11.6 Å². The summed E-state index contributed by atoms with van der Waals surface area (Å²) in [5, 5.41) is 0. The molecular weight excluding hydrogens is 344 g/mol. The molecule has 0 saturated carbocycles. The van der Waals surface area contributed by atoms with Gasteiger partial charge in [0, 0.05) is 11.6 Å². The molecule has 112 valence electrons. The van der Waals surface area contributed by atoms with Crippen LogP contribution in [0.3, 0.4) is 0 Å². The zero-order chi connectivity index (χ0) is 15.6. The van der Waals surface area contributed by atoms with E-state index in [1.807, 2.05) is 0 Å². The monoisotopic (exact) mass is 357 g/mol. The highest BCUT2D eigenvalue weighted by Gasteiger charge is 2.20. The van der Waals surface area contributed by atoms with E-state index in [0.717, 1.165) is 0 Å². The Labute approximate surface area is 129 Å². The fourth-order valence-electron chi connectivity index (χ4n) is 2.04. The van der Waals surface area contributed by atoms with E-state index in [1.165, 1.54) is 38.5 Å². The van der Waals surface area contributed by atoms with Gasteiger partial charge in [-0.05, 0) is 33.6 Å². The molecule has 0 aliphatic heterocycles. The smallest absolute Gasteiger partial charge is 0.163 e. The first kappa shape index (κ1) is 15.7. The highest BCUT2D eigenvalue weighted by atomic mass is 79.9. The van der Waals surface area contributed by atoms with Gasteiger partial charge in [-0.1, -0.05) is 12.1 Å². The van der Waals surface area contributed by atoms with Crippen LogP contribution in [0.2, 0.25) is 0 Å². The van der Waals surface area contributed by atoms with Crippen LogP contribution >= 0.6 is 15.9 Å². The van der Waals surface area contributed by atoms with Crippen LogP contribution in [0.25, 0.3) is 0 Å². The Morgan fingerprint density at radius 3 is 2.24 bits per heavy atom. The molecule has 2 aromatic rings. The third kappa shape index (κ3) is 3.01. The highest BCUT2D eigenvalue weighted by Crippen LogP contribution is 2.35. The summed E-state index contributed by atoms with van der Waals surface area (Å²) < 4.78 is 38.2. The van der Waals surface area contributed by atoms with Gasteiger partial charge in [-0.3, -0.25) is 0 Å². The van der Waals surface area contributed by atoms with Crippen molar-refractivity contribution in [3.63, 3.8) is 0 Å². The van der Waals surface area contributed by atoms with Crippen molar-refractivity contribution in [1.82, 2.24) is 0 Å². The average molecular weight is 358 g/mol. The minimum atomic E-state index is -0.838. The maximum atomic E-state index is 14.2. The third-order valence-electron chi connectivity index (χ3n) is 3.15. The number of benzene rings is 2. The van der Waals surface area contributed by atoms with E-state index in [4.69, 9.17) is 15.2 Å². The molecular formula is C15H14BrF2NO2. The quantitative estimate of drug-likeness (QED) is 0.905. The van der Waals surface area contributed by atoms with Crippen LogP contribution in [0.4, 0.5) is 8.78 Å². The molecule has 6 heteroatoms. The van der Waals surface area contributed by atoms with Crippen molar-refractivity contribution in [3.05, 3.63) is 57.6 Å². The summed E-state index contributed by atoms with van der Waals surface area (Å²) in [7, 11) is 2.86. The molecule has 0 heterocycles. The van der Waals surface area contributed by atoms with E-state index >= 15 is 0 Å². The van der Waals surface area contributed by atoms with Crippen molar-refractivity contribution in [2.24, 2.45) is 5.73 Å². The Hall–Kier alpha value is -1.66. The Morgan fingerprint density at radius 1 is 1.00 bits per heavy atom. The molecule has 3 nitrogen and oxygen atoms in total. The molecule has 0 saturated heterocycles. The maximum Gasteiger partial charge on any atom is 0.163 e. The Kier molecular flexibility index (Phi) is 4.80. The molecule has 0 fully saturated rings. The summed E-state index contributed by atoms with van der Waals surface area (Å²) in [5.41, 5.74) is 6.71. The second kappa shape index (κ2) is 6.41. The summed E-state index contributed by atoms with van der Waals surface area (Å²) in [6.07, 6.45) is 0. The number of rotatable bonds is 4. The summed E-state index contributed by atoms with van der Waals surface area (Å²) >= 11 is 3.13. The van der Waals surface area contributed by atoms with Gasteiger partial charge in [-0.25, -0.2) is 8.78 Å². The van der Waals surface area contributed by atoms with Crippen LogP contribution in [0.5, 0.6) is 11.5 Å². The maximum absolute atomic E-state index is 14.2. The minimum Gasteiger partial charge on any atom is -0.493 e. The zero-order valence-corrected chi connectivity index (χ0v) is 13.1. The van der Waals surface area contributed by atoms with Gasteiger partial charge >= 0.3 is 0 Å². The van der Waals surface area contributed by atoms with Gasteiger partial charge in [0.25, 0.3) is 0 Å². The summed E-state index contributed by atoms with van der Waals surface area (Å²) in [4.78, 5) is 0. The molecule has 0 radical (unpaired) electrons. The fourth-order valence-corrected chi connectivity index (χ4v) is 2.55. The van der Waals surface area contributed by atoms with Gasteiger partial charge in [-0.2, -0.15) is 0 Å².